The van der Waals surface area contributed by atoms with Gasteiger partial charge in [-0.1, -0.05) is 37.3 Å². The molecule has 2 aromatic rings. The molecule has 0 aliphatic carbocycles. The maximum atomic E-state index is 12.8. The molecule has 0 bridgehead atoms. The molecule has 11 heteroatoms. The van der Waals surface area contributed by atoms with Crippen LogP contribution in [0.25, 0.3) is 0 Å². The van der Waals surface area contributed by atoms with E-state index in [0.717, 1.165) is 0 Å². The Bertz CT molecular complexity index is 1220. The number of amides is 1. The average Bonchev–Trinajstić information content (AvgIpc) is 2.84. The number of hydrogen-bond donors (Lipinski definition) is 0. The van der Waals surface area contributed by atoms with Crippen molar-refractivity contribution in [2.24, 2.45) is 0 Å². The van der Waals surface area contributed by atoms with Gasteiger partial charge in [0.1, 0.15) is 0 Å². The highest BCUT2D eigenvalue weighted by molar-refractivity contribution is 7.91. The normalized spacial score (nSPS) is 16.2. The Morgan fingerprint density at radius 2 is 1.48 bits per heavy atom. The van der Waals surface area contributed by atoms with E-state index in [1.54, 1.807) is 18.2 Å². The Morgan fingerprint density at radius 3 is 2.09 bits per heavy atom. The fraction of sp³-hybridized carbons (Fsp3) is 0.364. The molecule has 0 spiro atoms. The number of hydrogen-bond acceptors (Lipinski definition) is 7. The van der Waals surface area contributed by atoms with Crippen LogP contribution in [0.3, 0.4) is 0 Å². The minimum absolute atomic E-state index is 0.112. The van der Waals surface area contributed by atoms with Crippen molar-refractivity contribution in [3.63, 3.8) is 0 Å². The van der Waals surface area contributed by atoms with Gasteiger partial charge in [0.25, 0.3) is 5.91 Å². The number of carbonyl (C=O) groups excluding carboxylic acids is 2. The van der Waals surface area contributed by atoms with Crippen LogP contribution in [0.1, 0.15) is 24.2 Å². The van der Waals surface area contributed by atoms with Crippen molar-refractivity contribution in [1.29, 1.82) is 0 Å². The van der Waals surface area contributed by atoms with Crippen molar-refractivity contribution in [2.75, 3.05) is 31.9 Å². The summed E-state index contributed by atoms with van der Waals surface area (Å²) < 4.78 is 56.6. The minimum Gasteiger partial charge on any atom is -0.449 e. The lowest BCUT2D eigenvalue weighted by Crippen LogP contribution is -2.52. The Kier molecular flexibility index (Phi) is 7.55. The van der Waals surface area contributed by atoms with Gasteiger partial charge in [-0.2, -0.15) is 4.31 Å². The topological polar surface area (TPSA) is 118 Å². The third-order valence-corrected chi connectivity index (χ3v) is 9.08. The van der Waals surface area contributed by atoms with E-state index in [1.165, 1.54) is 59.5 Å². The first-order chi connectivity index (χ1) is 15.6. The number of nitrogens with zero attached hydrogens (tertiary/aromatic N) is 2. The first-order valence-corrected chi connectivity index (χ1v) is 13.5. The van der Waals surface area contributed by atoms with Gasteiger partial charge in [0, 0.05) is 26.2 Å². The SMILES string of the molecule is CCS(=O)(=O)c1ccccc1C(=O)OC(C)C(=O)N1CCN(S(=O)(=O)c2ccccc2)CC1. The molecule has 1 aliphatic rings. The van der Waals surface area contributed by atoms with Crippen LogP contribution < -0.4 is 0 Å². The molecule has 1 unspecified atom stereocenters. The Hall–Kier alpha value is -2.76. The summed E-state index contributed by atoms with van der Waals surface area (Å²) in [5.41, 5.74) is -0.127. The number of benzene rings is 2. The summed E-state index contributed by atoms with van der Waals surface area (Å²) >= 11 is 0. The second kappa shape index (κ2) is 10.0. The van der Waals surface area contributed by atoms with E-state index in [1.807, 2.05) is 0 Å². The van der Waals surface area contributed by atoms with Crippen molar-refractivity contribution in [2.45, 2.75) is 29.7 Å². The van der Waals surface area contributed by atoms with Gasteiger partial charge in [-0.25, -0.2) is 21.6 Å². The van der Waals surface area contributed by atoms with Gasteiger partial charge in [0.15, 0.2) is 15.9 Å². The van der Waals surface area contributed by atoms with Crippen molar-refractivity contribution in [1.82, 2.24) is 9.21 Å². The van der Waals surface area contributed by atoms with Crippen molar-refractivity contribution in [3.05, 3.63) is 60.2 Å². The zero-order valence-corrected chi connectivity index (χ0v) is 20.0. The zero-order chi connectivity index (χ0) is 24.2. The Morgan fingerprint density at radius 1 is 0.909 bits per heavy atom. The molecule has 1 aliphatic heterocycles. The second-order valence-corrected chi connectivity index (χ2v) is 11.7. The van der Waals surface area contributed by atoms with E-state index in [2.05, 4.69) is 0 Å². The van der Waals surface area contributed by atoms with E-state index in [4.69, 9.17) is 4.74 Å². The van der Waals surface area contributed by atoms with Crippen LogP contribution in [0.2, 0.25) is 0 Å². The number of sulfone groups is 1. The van der Waals surface area contributed by atoms with Crippen molar-refractivity contribution in [3.8, 4) is 0 Å². The quantitative estimate of drug-likeness (QED) is 0.536. The fourth-order valence-corrected chi connectivity index (χ4v) is 6.01. The largest absolute Gasteiger partial charge is 0.449 e. The number of rotatable bonds is 7. The molecule has 178 valence electrons. The lowest BCUT2D eigenvalue weighted by atomic mass is 10.2. The number of carbonyl (C=O) groups is 2. The molecule has 1 heterocycles. The summed E-state index contributed by atoms with van der Waals surface area (Å²) in [7, 11) is -7.31. The smallest absolute Gasteiger partial charge is 0.340 e. The monoisotopic (exact) mass is 494 g/mol. The predicted molar refractivity (Wildman–Crippen MR) is 121 cm³/mol. The zero-order valence-electron chi connectivity index (χ0n) is 18.4. The molecular formula is C22H26N2O7S2. The van der Waals surface area contributed by atoms with Crippen LogP contribution in [0, 0.1) is 0 Å². The lowest BCUT2D eigenvalue weighted by Gasteiger charge is -2.35. The average molecular weight is 495 g/mol. The Balaban J connectivity index is 1.64. The van der Waals surface area contributed by atoms with Gasteiger partial charge >= 0.3 is 5.97 Å². The third kappa shape index (κ3) is 5.43. The highest BCUT2D eigenvalue weighted by Crippen LogP contribution is 2.20. The van der Waals surface area contributed by atoms with Crippen LogP contribution in [-0.2, 0) is 29.4 Å². The second-order valence-electron chi connectivity index (χ2n) is 7.49. The Labute approximate surface area is 193 Å². The number of esters is 1. The van der Waals surface area contributed by atoms with Gasteiger partial charge in [-0.05, 0) is 31.2 Å². The third-order valence-electron chi connectivity index (χ3n) is 5.38. The molecule has 9 nitrogen and oxygen atoms in total. The molecule has 2 aromatic carbocycles. The summed E-state index contributed by atoms with van der Waals surface area (Å²) in [5, 5.41) is 0. The maximum Gasteiger partial charge on any atom is 0.340 e. The van der Waals surface area contributed by atoms with E-state index >= 15 is 0 Å². The summed E-state index contributed by atoms with van der Waals surface area (Å²) in [4.78, 5) is 26.9. The van der Waals surface area contributed by atoms with E-state index in [0.29, 0.717) is 0 Å². The first-order valence-electron chi connectivity index (χ1n) is 10.4. The van der Waals surface area contributed by atoms with Crippen LogP contribution in [0.15, 0.2) is 64.4 Å². The van der Waals surface area contributed by atoms with Crippen molar-refractivity contribution >= 4 is 31.7 Å². The van der Waals surface area contributed by atoms with Gasteiger partial charge in [0.2, 0.25) is 10.0 Å². The standard InChI is InChI=1S/C22H26N2O7S2/c1-3-32(27,28)20-12-8-7-11-19(20)22(26)31-17(2)21(25)23-13-15-24(16-14-23)33(29,30)18-9-5-4-6-10-18/h4-12,17H,3,13-16H2,1-2H3. The molecule has 1 atom stereocenters. The predicted octanol–water partition coefficient (Wildman–Crippen LogP) is 1.56. The molecule has 1 amide bonds. The lowest BCUT2D eigenvalue weighted by molar-refractivity contribution is -0.141. The van der Waals surface area contributed by atoms with E-state index < -0.39 is 37.8 Å². The number of ether oxygens (including phenoxy) is 1. The summed E-state index contributed by atoms with van der Waals surface area (Å²) in [6.45, 7) is 3.40. The molecule has 0 N–H and O–H groups in total. The van der Waals surface area contributed by atoms with E-state index in [-0.39, 0.29) is 47.3 Å². The summed E-state index contributed by atoms with van der Waals surface area (Å²) in [5.74, 6) is -1.56. The summed E-state index contributed by atoms with van der Waals surface area (Å²) in [6.07, 6.45) is -1.16. The molecule has 0 saturated carbocycles. The molecule has 0 radical (unpaired) electrons. The highest BCUT2D eigenvalue weighted by atomic mass is 32.2. The number of sulfonamides is 1. The van der Waals surface area contributed by atoms with Crippen LogP contribution in [-0.4, -0.2) is 76.0 Å². The molecule has 3 rings (SSSR count). The molecule has 1 saturated heterocycles. The van der Waals surface area contributed by atoms with Crippen LogP contribution in [0.4, 0.5) is 0 Å². The fourth-order valence-electron chi connectivity index (χ4n) is 3.48. The van der Waals surface area contributed by atoms with Gasteiger partial charge in [-0.3, -0.25) is 4.79 Å². The van der Waals surface area contributed by atoms with E-state index in [9.17, 15) is 26.4 Å². The molecule has 0 aromatic heterocycles. The van der Waals surface area contributed by atoms with Crippen LogP contribution in [0.5, 0.6) is 0 Å². The first kappa shape index (κ1) is 24.9. The molecule has 33 heavy (non-hydrogen) atoms. The van der Waals surface area contributed by atoms with Gasteiger partial charge in [0.05, 0.1) is 21.1 Å². The molecular weight excluding hydrogens is 468 g/mol. The summed E-state index contributed by atoms with van der Waals surface area (Å²) in [6, 6.07) is 13.8. The van der Waals surface area contributed by atoms with Crippen LogP contribution >= 0.6 is 0 Å². The highest BCUT2D eigenvalue weighted by Gasteiger charge is 2.33. The van der Waals surface area contributed by atoms with Crippen molar-refractivity contribution < 1.29 is 31.2 Å². The number of piperazine rings is 1. The van der Waals surface area contributed by atoms with Gasteiger partial charge in [-0.15, -0.1) is 0 Å². The maximum absolute atomic E-state index is 12.8. The van der Waals surface area contributed by atoms with Gasteiger partial charge < -0.3 is 9.64 Å². The minimum atomic E-state index is -3.65. The molecule has 1 fully saturated rings.